The maximum Gasteiger partial charge on any atom is 0.267 e. The first kappa shape index (κ1) is 15.0. The Labute approximate surface area is 141 Å². The third kappa shape index (κ3) is 3.05. The molecule has 0 spiro atoms. The lowest BCUT2D eigenvalue weighted by Crippen LogP contribution is -2.45. The van der Waals surface area contributed by atoms with Crippen LogP contribution >= 0.6 is 0 Å². The predicted molar refractivity (Wildman–Crippen MR) is 97.1 cm³/mol. The van der Waals surface area contributed by atoms with Crippen LogP contribution in [0.5, 0.6) is 0 Å². The summed E-state index contributed by atoms with van der Waals surface area (Å²) in [5.41, 5.74) is 3.94. The Bertz CT molecular complexity index is 848. The third-order valence-electron chi connectivity index (χ3n) is 4.61. The van der Waals surface area contributed by atoms with E-state index in [0.717, 1.165) is 42.4 Å². The molecule has 1 aliphatic rings. The van der Waals surface area contributed by atoms with Crippen molar-refractivity contribution in [3.63, 3.8) is 0 Å². The van der Waals surface area contributed by atoms with E-state index in [4.69, 9.17) is 0 Å². The van der Waals surface area contributed by atoms with E-state index in [1.165, 1.54) is 5.56 Å². The molecule has 1 aromatic heterocycles. The summed E-state index contributed by atoms with van der Waals surface area (Å²) in [6.45, 7) is 1.89. The van der Waals surface area contributed by atoms with Crippen LogP contribution in [-0.2, 0) is 0 Å². The number of nitrogens with one attached hydrogen (secondary N) is 3. The van der Waals surface area contributed by atoms with Gasteiger partial charge >= 0.3 is 0 Å². The molecule has 0 aliphatic carbocycles. The fourth-order valence-corrected chi connectivity index (χ4v) is 3.30. The van der Waals surface area contributed by atoms with Crippen LogP contribution in [0.2, 0.25) is 0 Å². The summed E-state index contributed by atoms with van der Waals surface area (Å²) in [5, 5.41) is 7.49. The first-order valence-corrected chi connectivity index (χ1v) is 8.49. The number of piperidine rings is 1. The summed E-state index contributed by atoms with van der Waals surface area (Å²) in [6, 6.07) is 18.7. The number of benzene rings is 2. The van der Waals surface area contributed by atoms with E-state index in [9.17, 15) is 4.79 Å². The number of rotatable bonds is 3. The molecule has 4 nitrogen and oxygen atoms in total. The van der Waals surface area contributed by atoms with Gasteiger partial charge in [0.05, 0.1) is 0 Å². The van der Waals surface area contributed by atoms with E-state index in [0.29, 0.717) is 5.69 Å². The topological polar surface area (TPSA) is 56.9 Å². The molecule has 1 aliphatic heterocycles. The molecular formula is C20H21N3O. The first-order chi connectivity index (χ1) is 11.8. The number of aromatic nitrogens is 1. The summed E-state index contributed by atoms with van der Waals surface area (Å²) in [6.07, 6.45) is 2.15. The van der Waals surface area contributed by atoms with Crippen LogP contribution < -0.4 is 10.6 Å². The van der Waals surface area contributed by atoms with Crippen LogP contribution in [0.4, 0.5) is 0 Å². The second-order valence-corrected chi connectivity index (χ2v) is 6.37. The van der Waals surface area contributed by atoms with Crippen molar-refractivity contribution in [1.82, 2.24) is 15.6 Å². The number of H-pyrrole nitrogens is 1. The normalized spacial score (nSPS) is 17.8. The molecule has 2 heterocycles. The van der Waals surface area contributed by atoms with Gasteiger partial charge in [-0.3, -0.25) is 4.79 Å². The molecule has 2 aromatic carbocycles. The molecule has 3 N–H and O–H groups in total. The minimum absolute atomic E-state index is 0.0267. The molecule has 3 aromatic rings. The van der Waals surface area contributed by atoms with Gasteiger partial charge < -0.3 is 15.6 Å². The first-order valence-electron chi connectivity index (χ1n) is 8.49. The molecule has 24 heavy (non-hydrogen) atoms. The van der Waals surface area contributed by atoms with Crippen LogP contribution in [0, 0.1) is 0 Å². The van der Waals surface area contributed by atoms with Crippen molar-refractivity contribution in [2.45, 2.75) is 18.9 Å². The van der Waals surface area contributed by atoms with E-state index in [1.54, 1.807) is 0 Å². The van der Waals surface area contributed by atoms with E-state index in [1.807, 2.05) is 24.3 Å². The second kappa shape index (κ2) is 6.49. The molecule has 1 atom stereocenters. The van der Waals surface area contributed by atoms with Crippen LogP contribution in [0.3, 0.4) is 0 Å². The van der Waals surface area contributed by atoms with Gasteiger partial charge in [0.1, 0.15) is 5.69 Å². The van der Waals surface area contributed by atoms with Gasteiger partial charge in [-0.05, 0) is 42.6 Å². The van der Waals surface area contributed by atoms with E-state index < -0.39 is 0 Å². The third-order valence-corrected chi connectivity index (χ3v) is 4.61. The fraction of sp³-hybridized carbons (Fsp3) is 0.250. The van der Waals surface area contributed by atoms with Crippen molar-refractivity contribution < 1.29 is 4.79 Å². The molecule has 0 bridgehead atoms. The Kier molecular flexibility index (Phi) is 4.05. The fourth-order valence-electron chi connectivity index (χ4n) is 3.30. The van der Waals surface area contributed by atoms with Crippen LogP contribution in [0.25, 0.3) is 22.0 Å². The van der Waals surface area contributed by atoms with Gasteiger partial charge in [-0.1, -0.05) is 42.5 Å². The van der Waals surface area contributed by atoms with Gasteiger partial charge in [0.15, 0.2) is 0 Å². The Morgan fingerprint density at radius 3 is 2.71 bits per heavy atom. The Morgan fingerprint density at radius 2 is 1.92 bits per heavy atom. The minimum Gasteiger partial charge on any atom is -0.351 e. The van der Waals surface area contributed by atoms with Crippen molar-refractivity contribution in [1.29, 1.82) is 0 Å². The van der Waals surface area contributed by atoms with E-state index in [2.05, 4.69) is 45.9 Å². The summed E-state index contributed by atoms with van der Waals surface area (Å²) in [4.78, 5) is 15.7. The monoisotopic (exact) mass is 319 g/mol. The quantitative estimate of drug-likeness (QED) is 0.693. The molecule has 4 rings (SSSR count). The molecule has 4 heteroatoms. The zero-order valence-corrected chi connectivity index (χ0v) is 13.5. The molecule has 1 fully saturated rings. The van der Waals surface area contributed by atoms with Crippen molar-refractivity contribution in [3.8, 4) is 11.1 Å². The van der Waals surface area contributed by atoms with Crippen molar-refractivity contribution >= 4 is 16.8 Å². The lowest BCUT2D eigenvalue weighted by atomic mass is 10.0. The summed E-state index contributed by atoms with van der Waals surface area (Å²) in [5.74, 6) is -0.0267. The molecular weight excluding hydrogens is 298 g/mol. The highest BCUT2D eigenvalue weighted by Crippen LogP contribution is 2.24. The molecule has 0 saturated carbocycles. The van der Waals surface area contributed by atoms with E-state index in [-0.39, 0.29) is 11.9 Å². The lowest BCUT2D eigenvalue weighted by molar-refractivity contribution is 0.0926. The minimum atomic E-state index is -0.0267. The van der Waals surface area contributed by atoms with Crippen molar-refractivity contribution in [2.24, 2.45) is 0 Å². The van der Waals surface area contributed by atoms with Crippen molar-refractivity contribution in [2.75, 3.05) is 13.1 Å². The van der Waals surface area contributed by atoms with Crippen LogP contribution in [0.15, 0.2) is 54.6 Å². The zero-order valence-electron chi connectivity index (χ0n) is 13.5. The van der Waals surface area contributed by atoms with E-state index >= 15 is 0 Å². The number of aromatic amines is 1. The highest BCUT2D eigenvalue weighted by molar-refractivity contribution is 5.99. The number of fused-ring (bicyclic) bond motifs is 1. The van der Waals surface area contributed by atoms with Crippen LogP contribution in [-0.4, -0.2) is 30.0 Å². The Balaban J connectivity index is 1.57. The van der Waals surface area contributed by atoms with Gasteiger partial charge in [0.2, 0.25) is 0 Å². The molecule has 0 radical (unpaired) electrons. The molecule has 122 valence electrons. The summed E-state index contributed by atoms with van der Waals surface area (Å²) >= 11 is 0. The molecule has 1 amide bonds. The predicted octanol–water partition coefficient (Wildman–Crippen LogP) is 3.32. The average molecular weight is 319 g/mol. The zero-order chi connectivity index (χ0) is 16.4. The number of carbonyl (C=O) groups excluding carboxylic acids is 1. The van der Waals surface area contributed by atoms with Crippen LogP contribution in [0.1, 0.15) is 23.3 Å². The standard InChI is InChI=1S/C20H21N3O/c24-20(22-17-7-4-10-21-13-17)19-12-16-9-8-15(11-18(16)23-19)14-5-2-1-3-6-14/h1-3,5-6,8-9,11-12,17,21,23H,4,7,10,13H2,(H,22,24)/t17-/m1/s1. The average Bonchev–Trinajstić information content (AvgIpc) is 3.07. The second-order valence-electron chi connectivity index (χ2n) is 6.37. The largest absolute Gasteiger partial charge is 0.351 e. The SMILES string of the molecule is O=C(N[C@@H]1CCCNC1)c1cc2ccc(-c3ccccc3)cc2[nH]1. The Morgan fingerprint density at radius 1 is 1.04 bits per heavy atom. The van der Waals surface area contributed by atoms with Gasteiger partial charge in [0.25, 0.3) is 5.91 Å². The maximum absolute atomic E-state index is 12.5. The van der Waals surface area contributed by atoms with Gasteiger partial charge in [0, 0.05) is 23.5 Å². The lowest BCUT2D eigenvalue weighted by Gasteiger charge is -2.23. The van der Waals surface area contributed by atoms with Gasteiger partial charge in [-0.2, -0.15) is 0 Å². The molecule has 0 unspecified atom stereocenters. The number of hydrogen-bond acceptors (Lipinski definition) is 2. The smallest absolute Gasteiger partial charge is 0.267 e. The Hall–Kier alpha value is -2.59. The van der Waals surface area contributed by atoms with Gasteiger partial charge in [-0.15, -0.1) is 0 Å². The maximum atomic E-state index is 12.5. The van der Waals surface area contributed by atoms with Crippen molar-refractivity contribution in [3.05, 3.63) is 60.3 Å². The number of carbonyl (C=O) groups is 1. The summed E-state index contributed by atoms with van der Waals surface area (Å²) in [7, 11) is 0. The number of hydrogen-bond donors (Lipinski definition) is 3. The van der Waals surface area contributed by atoms with Gasteiger partial charge in [-0.25, -0.2) is 0 Å². The summed E-state index contributed by atoms with van der Waals surface area (Å²) < 4.78 is 0. The molecule has 1 saturated heterocycles. The number of amides is 1. The highest BCUT2D eigenvalue weighted by atomic mass is 16.1. The highest BCUT2D eigenvalue weighted by Gasteiger charge is 2.17.